The second-order valence-electron chi connectivity index (χ2n) is 24.7. The first-order valence-corrected chi connectivity index (χ1v) is 34.6. The van der Waals surface area contributed by atoms with Gasteiger partial charge < -0.3 is 61.9 Å². The maximum Gasteiger partial charge on any atom is 0.203 e. The van der Waals surface area contributed by atoms with Crippen LogP contribution < -0.4 is 56.8 Å². The van der Waals surface area contributed by atoms with Crippen molar-refractivity contribution in [2.24, 2.45) is 0 Å². The summed E-state index contributed by atoms with van der Waals surface area (Å²) in [7, 11) is 0. The van der Waals surface area contributed by atoms with Crippen molar-refractivity contribution in [2.75, 3.05) is 0 Å². The highest BCUT2D eigenvalue weighted by Crippen LogP contribution is 2.47. The summed E-state index contributed by atoms with van der Waals surface area (Å²) in [4.78, 5) is 0. The Morgan fingerprint density at radius 1 is 0.144 bits per heavy atom. The topological polar surface area (TPSA) is 131 Å². The molecule has 0 saturated heterocycles. The van der Waals surface area contributed by atoms with Gasteiger partial charge in [-0.05, 0) is 121 Å². The van der Waals surface area contributed by atoms with Crippen LogP contribution in [0.25, 0.3) is 0 Å². The minimum Gasteiger partial charge on any atom is -0.485 e. The van der Waals surface area contributed by atoms with Crippen molar-refractivity contribution in [3.05, 3.63) is 394 Å². The number of hydrogen-bond acceptors (Lipinski definition) is 13. The molecule has 0 radical (unpaired) electrons. The molecular weight excluding hydrogens is 1300 g/mol. The SMILES string of the molecule is OCc1cc(OCc2cc(OCc3ccccc3)c(OCc3ccccc3)c(OCc3ccccc3)c2)c(OCc2cc(OCc3ccccc3)c(OCc3ccccc3)c(OCc3ccccc3)c2)c(OCc2cc(OCc3ccccc3)c(OCc3ccccc3)c(OCc3ccccc3)c2)c1. The average molecular weight is 1380 g/mol. The van der Waals surface area contributed by atoms with Crippen LogP contribution in [0, 0.1) is 0 Å². The molecule has 0 aromatic heterocycles. The van der Waals surface area contributed by atoms with Crippen LogP contribution in [0.2, 0.25) is 0 Å². The zero-order valence-electron chi connectivity index (χ0n) is 57.6. The molecule has 104 heavy (non-hydrogen) atoms. The maximum atomic E-state index is 11.2. The zero-order valence-corrected chi connectivity index (χ0v) is 57.6. The molecule has 13 rings (SSSR count). The van der Waals surface area contributed by atoms with Crippen molar-refractivity contribution >= 4 is 0 Å². The van der Waals surface area contributed by atoms with Crippen molar-refractivity contribution in [2.45, 2.75) is 85.9 Å². The van der Waals surface area contributed by atoms with Gasteiger partial charge in [0, 0.05) is 0 Å². The summed E-state index contributed by atoms with van der Waals surface area (Å²) >= 11 is 0. The van der Waals surface area contributed by atoms with E-state index in [0.717, 1.165) is 50.1 Å². The molecule has 0 bridgehead atoms. The molecule has 0 spiro atoms. The third-order valence-electron chi connectivity index (χ3n) is 16.8. The molecule has 0 saturated carbocycles. The van der Waals surface area contributed by atoms with E-state index in [-0.39, 0.29) is 103 Å². The number of hydrogen-bond donors (Lipinski definition) is 1. The minimum absolute atomic E-state index is 0.0376. The van der Waals surface area contributed by atoms with Crippen LogP contribution in [0.5, 0.6) is 69.0 Å². The lowest BCUT2D eigenvalue weighted by molar-refractivity contribution is 0.217. The predicted molar refractivity (Wildman–Crippen MR) is 402 cm³/mol. The van der Waals surface area contributed by atoms with Gasteiger partial charge in [-0.2, -0.15) is 0 Å². The van der Waals surface area contributed by atoms with Gasteiger partial charge >= 0.3 is 0 Å². The third kappa shape index (κ3) is 20.3. The summed E-state index contributed by atoms with van der Waals surface area (Å²) in [5, 5.41) is 11.2. The molecule has 0 aliphatic rings. The van der Waals surface area contributed by atoms with Crippen LogP contribution in [0.1, 0.15) is 72.3 Å². The van der Waals surface area contributed by atoms with Crippen molar-refractivity contribution < 1.29 is 61.9 Å². The predicted octanol–water partition coefficient (Wildman–Crippen LogP) is 20.1. The van der Waals surface area contributed by atoms with E-state index in [1.54, 1.807) is 12.1 Å². The highest BCUT2D eigenvalue weighted by molar-refractivity contribution is 5.59. The fourth-order valence-electron chi connectivity index (χ4n) is 11.4. The summed E-state index contributed by atoms with van der Waals surface area (Å²) in [5.74, 6) is 4.72. The van der Waals surface area contributed by atoms with Gasteiger partial charge in [0.2, 0.25) is 23.0 Å². The van der Waals surface area contributed by atoms with Crippen LogP contribution >= 0.6 is 0 Å². The molecule has 0 amide bonds. The van der Waals surface area contributed by atoms with Gasteiger partial charge in [0.15, 0.2) is 46.0 Å². The zero-order chi connectivity index (χ0) is 70.6. The van der Waals surface area contributed by atoms with Crippen LogP contribution in [-0.2, 0) is 85.9 Å². The van der Waals surface area contributed by atoms with Crippen LogP contribution in [0.3, 0.4) is 0 Å². The van der Waals surface area contributed by atoms with Crippen molar-refractivity contribution in [1.82, 2.24) is 0 Å². The van der Waals surface area contributed by atoms with Crippen molar-refractivity contribution in [1.29, 1.82) is 0 Å². The average Bonchev–Trinajstić information content (AvgIpc) is 0.813. The molecule has 13 heteroatoms. The second-order valence-corrected chi connectivity index (χ2v) is 24.7. The summed E-state index contributed by atoms with van der Waals surface area (Å²) in [5.41, 5.74) is 11.2. The molecule has 0 fully saturated rings. The maximum absolute atomic E-state index is 11.2. The van der Waals surface area contributed by atoms with Gasteiger partial charge in [0.1, 0.15) is 79.3 Å². The molecular formula is C91H80O13. The molecule has 0 aliphatic carbocycles. The molecule has 1 N–H and O–H groups in total. The summed E-state index contributed by atoms with van der Waals surface area (Å²) in [6.45, 7) is 1.68. The van der Waals surface area contributed by atoms with Crippen molar-refractivity contribution in [3.63, 3.8) is 0 Å². The second kappa shape index (κ2) is 36.7. The summed E-state index contributed by atoms with van der Waals surface area (Å²) < 4.78 is 81.8. The standard InChI is InChI=1S/C91H80O13/c92-54-76-46-80(99-64-77-48-82(93-55-67-28-10-1-11-29-67)89(101-61-73-40-22-7-23-41-73)83(49-77)94-56-68-30-12-2-13-31-68)88(104-66-79-52-86(97-59-71-36-18-5-19-37-71)91(103-63-75-44-26-9-27-45-75)87(53-79)98-60-72-38-20-6-21-39-72)81(47-76)100-65-78-50-84(95-57-69-32-14-3-15-33-69)90(102-62-74-42-24-8-25-43-74)85(51-78)96-58-70-34-16-4-17-35-70/h1-53,92H,54-66H2. The Morgan fingerprint density at radius 3 is 0.423 bits per heavy atom. The number of ether oxygens (including phenoxy) is 12. The Labute approximate surface area is 607 Å². The van der Waals surface area contributed by atoms with Gasteiger partial charge in [0.05, 0.1) is 6.61 Å². The fraction of sp³-hybridized carbons (Fsp3) is 0.143. The number of aliphatic hydroxyl groups excluding tert-OH is 1. The molecule has 0 atom stereocenters. The van der Waals surface area contributed by atoms with Crippen LogP contribution in [0.15, 0.2) is 322 Å². The number of aliphatic hydroxyl groups is 1. The Kier molecular flexibility index (Phi) is 24.6. The Balaban J connectivity index is 0.897. The Hall–Kier alpha value is -12.6. The minimum atomic E-state index is -0.369. The van der Waals surface area contributed by atoms with Gasteiger partial charge in [0.25, 0.3) is 0 Å². The normalized spacial score (nSPS) is 10.9. The lowest BCUT2D eigenvalue weighted by Crippen LogP contribution is -2.08. The molecule has 13 aromatic rings. The van der Waals surface area contributed by atoms with E-state index in [1.807, 2.05) is 309 Å². The number of rotatable bonds is 37. The molecule has 0 heterocycles. The molecule has 522 valence electrons. The van der Waals surface area contributed by atoms with Gasteiger partial charge in [-0.15, -0.1) is 0 Å². The first-order valence-electron chi connectivity index (χ1n) is 34.6. The number of benzene rings is 13. The quantitative estimate of drug-likeness (QED) is 0.0397. The van der Waals surface area contributed by atoms with Gasteiger partial charge in [-0.1, -0.05) is 273 Å². The van der Waals surface area contributed by atoms with E-state index in [9.17, 15) is 5.11 Å². The first kappa shape index (κ1) is 69.9. The highest BCUT2D eigenvalue weighted by atomic mass is 16.6. The third-order valence-corrected chi connectivity index (χ3v) is 16.8. The van der Waals surface area contributed by atoms with Gasteiger partial charge in [-0.3, -0.25) is 0 Å². The van der Waals surface area contributed by atoms with Crippen molar-refractivity contribution in [3.8, 4) is 69.0 Å². The van der Waals surface area contributed by atoms with E-state index in [4.69, 9.17) is 56.8 Å². The first-order chi connectivity index (χ1) is 51.5. The molecule has 0 aliphatic heterocycles. The van der Waals surface area contributed by atoms with E-state index < -0.39 is 0 Å². The van der Waals surface area contributed by atoms with Crippen LogP contribution in [-0.4, -0.2) is 5.11 Å². The largest absolute Gasteiger partial charge is 0.485 e. The molecule has 0 unspecified atom stereocenters. The summed E-state index contributed by atoms with van der Waals surface area (Å²) in [6, 6.07) is 105. The Morgan fingerprint density at radius 2 is 0.269 bits per heavy atom. The van der Waals surface area contributed by atoms with E-state index in [0.29, 0.717) is 74.0 Å². The highest BCUT2D eigenvalue weighted by Gasteiger charge is 2.24. The summed E-state index contributed by atoms with van der Waals surface area (Å²) in [6.07, 6.45) is 0. The monoisotopic (exact) mass is 1380 g/mol. The van der Waals surface area contributed by atoms with Gasteiger partial charge in [-0.25, -0.2) is 0 Å². The Bertz CT molecular complexity index is 4350. The van der Waals surface area contributed by atoms with E-state index in [1.165, 1.54) is 0 Å². The lowest BCUT2D eigenvalue weighted by atomic mass is 10.1. The lowest BCUT2D eigenvalue weighted by Gasteiger charge is -2.22. The van der Waals surface area contributed by atoms with E-state index in [2.05, 4.69) is 0 Å². The molecule has 13 aromatic carbocycles. The van der Waals surface area contributed by atoms with Crippen LogP contribution in [0.4, 0.5) is 0 Å². The fourth-order valence-corrected chi connectivity index (χ4v) is 11.4. The molecule has 13 nitrogen and oxygen atoms in total. The van der Waals surface area contributed by atoms with E-state index >= 15 is 0 Å². The smallest absolute Gasteiger partial charge is 0.203 e.